The van der Waals surface area contributed by atoms with Crippen molar-refractivity contribution in [1.29, 1.82) is 0 Å². The van der Waals surface area contributed by atoms with Crippen LogP contribution in [0.2, 0.25) is 0 Å². The number of phenols is 3. The molecule has 0 amide bonds. The number of hydrogen-bond donors (Lipinski definition) is 3. The van der Waals surface area contributed by atoms with Crippen molar-refractivity contribution in [2.75, 3.05) is 0 Å². The van der Waals surface area contributed by atoms with Crippen molar-refractivity contribution in [1.82, 2.24) is 0 Å². The summed E-state index contributed by atoms with van der Waals surface area (Å²) in [5.41, 5.74) is 2.39. The Kier molecular flexibility index (Phi) is 2.68. The quantitative estimate of drug-likeness (QED) is 0.660. The molecule has 0 saturated heterocycles. The van der Waals surface area contributed by atoms with E-state index in [9.17, 15) is 15.3 Å². The van der Waals surface area contributed by atoms with E-state index < -0.39 is 0 Å². The summed E-state index contributed by atoms with van der Waals surface area (Å²) in [6.45, 7) is 3.55. The van der Waals surface area contributed by atoms with Crippen LogP contribution in [0.1, 0.15) is 11.1 Å². The number of aryl methyl sites for hydroxylation is 2. The van der Waals surface area contributed by atoms with Crippen LogP contribution in [0.5, 0.6) is 17.2 Å². The van der Waals surface area contributed by atoms with Crippen molar-refractivity contribution in [2.24, 2.45) is 0 Å². The second kappa shape index (κ2) is 4.01. The Bertz CT molecular complexity index is 574. The predicted octanol–water partition coefficient (Wildman–Crippen LogP) is 3.09. The van der Waals surface area contributed by atoms with Crippen LogP contribution in [0, 0.1) is 13.8 Å². The molecule has 0 aliphatic rings. The highest BCUT2D eigenvalue weighted by molar-refractivity contribution is 5.81. The molecular weight excluding hydrogens is 216 g/mol. The Balaban J connectivity index is 2.77. The van der Waals surface area contributed by atoms with Crippen LogP contribution >= 0.6 is 0 Å². The Labute approximate surface area is 99.6 Å². The highest BCUT2D eigenvalue weighted by Gasteiger charge is 2.16. The number of hydrogen-bond acceptors (Lipinski definition) is 3. The second-order valence-electron chi connectivity index (χ2n) is 4.10. The zero-order valence-corrected chi connectivity index (χ0v) is 9.73. The summed E-state index contributed by atoms with van der Waals surface area (Å²) in [7, 11) is 0. The fraction of sp³-hybridized carbons (Fsp3) is 0.143. The molecular formula is C14H14O3. The molecule has 0 unspecified atom stereocenters. The van der Waals surface area contributed by atoms with Gasteiger partial charge in [-0.2, -0.15) is 0 Å². The third kappa shape index (κ3) is 1.80. The number of para-hydroxylation sites is 1. The van der Waals surface area contributed by atoms with Gasteiger partial charge in [0.2, 0.25) is 0 Å². The van der Waals surface area contributed by atoms with Gasteiger partial charge in [-0.3, -0.25) is 0 Å². The van der Waals surface area contributed by atoms with Gasteiger partial charge in [-0.05, 0) is 31.0 Å². The summed E-state index contributed by atoms with van der Waals surface area (Å²) in [5.74, 6) is -0.257. The van der Waals surface area contributed by atoms with Gasteiger partial charge in [0.1, 0.15) is 5.75 Å². The standard InChI is InChI=1S/C14H14O3/c1-8-7-9(2)13(16)14(17)12(8)10-5-3-4-6-11(10)15/h3-7,15-17H,1-2H3. The zero-order valence-electron chi connectivity index (χ0n) is 9.73. The minimum absolute atomic E-state index is 0.0779. The van der Waals surface area contributed by atoms with E-state index in [0.29, 0.717) is 16.7 Å². The van der Waals surface area contributed by atoms with Crippen LogP contribution in [0.25, 0.3) is 11.1 Å². The van der Waals surface area contributed by atoms with Crippen molar-refractivity contribution in [3.63, 3.8) is 0 Å². The van der Waals surface area contributed by atoms with E-state index in [-0.39, 0.29) is 17.2 Å². The third-order valence-electron chi connectivity index (χ3n) is 2.84. The first kappa shape index (κ1) is 11.3. The molecule has 0 aromatic heterocycles. The van der Waals surface area contributed by atoms with E-state index in [4.69, 9.17) is 0 Å². The van der Waals surface area contributed by atoms with E-state index in [1.54, 1.807) is 37.3 Å². The van der Waals surface area contributed by atoms with E-state index in [1.807, 2.05) is 6.92 Å². The van der Waals surface area contributed by atoms with Crippen LogP contribution in [0.3, 0.4) is 0 Å². The number of rotatable bonds is 1. The SMILES string of the molecule is Cc1cc(C)c(-c2ccccc2O)c(O)c1O. The van der Waals surface area contributed by atoms with Crippen LogP contribution < -0.4 is 0 Å². The van der Waals surface area contributed by atoms with Gasteiger partial charge >= 0.3 is 0 Å². The first-order valence-corrected chi connectivity index (χ1v) is 5.33. The fourth-order valence-corrected chi connectivity index (χ4v) is 1.98. The lowest BCUT2D eigenvalue weighted by Crippen LogP contribution is -1.88. The zero-order chi connectivity index (χ0) is 12.6. The van der Waals surface area contributed by atoms with Crippen LogP contribution in [0.4, 0.5) is 0 Å². The molecule has 2 aromatic rings. The molecule has 2 aromatic carbocycles. The molecule has 17 heavy (non-hydrogen) atoms. The molecule has 88 valence electrons. The Hall–Kier alpha value is -2.16. The van der Waals surface area contributed by atoms with Gasteiger partial charge in [-0.25, -0.2) is 0 Å². The normalized spacial score (nSPS) is 10.5. The summed E-state index contributed by atoms with van der Waals surface area (Å²) in [5, 5.41) is 29.5. The number of aromatic hydroxyl groups is 3. The molecule has 0 spiro atoms. The van der Waals surface area contributed by atoms with E-state index >= 15 is 0 Å². The maximum Gasteiger partial charge on any atom is 0.166 e. The monoisotopic (exact) mass is 230 g/mol. The van der Waals surface area contributed by atoms with Crippen LogP contribution in [-0.2, 0) is 0 Å². The first-order valence-electron chi connectivity index (χ1n) is 5.33. The molecule has 0 radical (unpaired) electrons. The molecule has 0 atom stereocenters. The molecule has 0 fully saturated rings. The molecule has 3 nitrogen and oxygen atoms in total. The van der Waals surface area contributed by atoms with Crippen LogP contribution in [-0.4, -0.2) is 15.3 Å². The van der Waals surface area contributed by atoms with Gasteiger partial charge in [0, 0.05) is 11.1 Å². The topological polar surface area (TPSA) is 60.7 Å². The smallest absolute Gasteiger partial charge is 0.166 e. The summed E-state index contributed by atoms with van der Waals surface area (Å²) >= 11 is 0. The van der Waals surface area contributed by atoms with Gasteiger partial charge in [-0.1, -0.05) is 24.3 Å². The summed E-state index contributed by atoms with van der Waals surface area (Å²) < 4.78 is 0. The number of phenolic OH excluding ortho intramolecular Hbond substituents is 3. The van der Waals surface area contributed by atoms with Crippen LogP contribution in [0.15, 0.2) is 30.3 Å². The first-order chi connectivity index (χ1) is 8.02. The fourth-order valence-electron chi connectivity index (χ4n) is 1.98. The van der Waals surface area contributed by atoms with E-state index in [1.165, 1.54) is 0 Å². The molecule has 0 aliphatic heterocycles. The van der Waals surface area contributed by atoms with Gasteiger partial charge in [0.25, 0.3) is 0 Å². The molecule has 0 heterocycles. The molecule has 3 N–H and O–H groups in total. The van der Waals surface area contributed by atoms with Gasteiger partial charge in [-0.15, -0.1) is 0 Å². The Morgan fingerprint density at radius 1 is 0.824 bits per heavy atom. The number of benzene rings is 2. The van der Waals surface area contributed by atoms with E-state index in [0.717, 1.165) is 5.56 Å². The summed E-state index contributed by atoms with van der Waals surface area (Å²) in [6, 6.07) is 8.50. The van der Waals surface area contributed by atoms with Gasteiger partial charge in [0.15, 0.2) is 11.5 Å². The van der Waals surface area contributed by atoms with Crippen molar-refractivity contribution in [3.8, 4) is 28.4 Å². The molecule has 2 rings (SSSR count). The molecule has 0 bridgehead atoms. The molecule has 0 saturated carbocycles. The van der Waals surface area contributed by atoms with Gasteiger partial charge in [0.05, 0.1) is 0 Å². The minimum Gasteiger partial charge on any atom is -0.507 e. The van der Waals surface area contributed by atoms with E-state index in [2.05, 4.69) is 0 Å². The minimum atomic E-state index is -0.191. The largest absolute Gasteiger partial charge is 0.507 e. The summed E-state index contributed by atoms with van der Waals surface area (Å²) in [4.78, 5) is 0. The highest BCUT2D eigenvalue weighted by atomic mass is 16.3. The van der Waals surface area contributed by atoms with Crippen molar-refractivity contribution in [2.45, 2.75) is 13.8 Å². The lowest BCUT2D eigenvalue weighted by Gasteiger charge is -2.13. The Morgan fingerprint density at radius 2 is 1.47 bits per heavy atom. The lowest BCUT2D eigenvalue weighted by atomic mass is 9.96. The molecule has 3 heteroatoms. The van der Waals surface area contributed by atoms with Crippen molar-refractivity contribution < 1.29 is 15.3 Å². The average molecular weight is 230 g/mol. The maximum atomic E-state index is 9.98. The average Bonchev–Trinajstić information content (AvgIpc) is 2.29. The molecule has 0 aliphatic carbocycles. The second-order valence-corrected chi connectivity index (χ2v) is 4.10. The summed E-state index contributed by atoms with van der Waals surface area (Å²) in [6.07, 6.45) is 0. The Morgan fingerprint density at radius 3 is 2.12 bits per heavy atom. The maximum absolute atomic E-state index is 9.98. The highest BCUT2D eigenvalue weighted by Crippen LogP contribution is 2.43. The van der Waals surface area contributed by atoms with Gasteiger partial charge < -0.3 is 15.3 Å². The van der Waals surface area contributed by atoms with Crippen molar-refractivity contribution >= 4 is 0 Å². The lowest BCUT2D eigenvalue weighted by molar-refractivity contribution is 0.401. The van der Waals surface area contributed by atoms with Crippen molar-refractivity contribution in [3.05, 3.63) is 41.5 Å². The predicted molar refractivity (Wildman–Crippen MR) is 66.3 cm³/mol. The third-order valence-corrected chi connectivity index (χ3v) is 2.84.